The van der Waals surface area contributed by atoms with E-state index < -0.39 is 0 Å². The standard InChI is InChI=1S/C10H14N2S/c1-7-3-2-4-9(10(7)11)13-8-5-12-6-8/h2-4,8,12H,5-6,11H2,1H3. The van der Waals surface area contributed by atoms with Gasteiger partial charge in [0, 0.05) is 28.9 Å². The zero-order valence-corrected chi connectivity index (χ0v) is 8.53. The van der Waals surface area contributed by atoms with E-state index in [1.807, 2.05) is 11.8 Å². The maximum absolute atomic E-state index is 5.97. The van der Waals surface area contributed by atoms with Crippen LogP contribution in [0.3, 0.4) is 0 Å². The van der Waals surface area contributed by atoms with Crippen molar-refractivity contribution in [3.8, 4) is 0 Å². The second-order valence-electron chi connectivity index (χ2n) is 3.38. The molecule has 2 nitrogen and oxygen atoms in total. The summed E-state index contributed by atoms with van der Waals surface area (Å²) in [6.45, 7) is 4.27. The van der Waals surface area contributed by atoms with Gasteiger partial charge in [-0.3, -0.25) is 0 Å². The van der Waals surface area contributed by atoms with Crippen molar-refractivity contribution in [1.29, 1.82) is 0 Å². The Morgan fingerprint density at radius 2 is 2.23 bits per heavy atom. The quantitative estimate of drug-likeness (QED) is 0.703. The van der Waals surface area contributed by atoms with Gasteiger partial charge in [0.05, 0.1) is 0 Å². The highest BCUT2D eigenvalue weighted by Crippen LogP contribution is 2.31. The lowest BCUT2D eigenvalue weighted by Crippen LogP contribution is -2.44. The predicted molar refractivity (Wildman–Crippen MR) is 58.1 cm³/mol. The number of rotatable bonds is 2. The third-order valence-electron chi connectivity index (χ3n) is 2.32. The minimum Gasteiger partial charge on any atom is -0.398 e. The molecule has 1 aromatic carbocycles. The van der Waals surface area contributed by atoms with Gasteiger partial charge in [-0.25, -0.2) is 0 Å². The molecule has 0 aromatic heterocycles. The van der Waals surface area contributed by atoms with E-state index in [1.165, 1.54) is 10.5 Å². The zero-order valence-electron chi connectivity index (χ0n) is 7.71. The van der Waals surface area contributed by atoms with Gasteiger partial charge in [-0.05, 0) is 18.6 Å². The number of thioether (sulfide) groups is 1. The maximum Gasteiger partial charge on any atom is 0.0482 e. The third kappa shape index (κ3) is 1.81. The molecule has 2 rings (SSSR count). The maximum atomic E-state index is 5.97. The molecule has 1 aromatic rings. The summed E-state index contributed by atoms with van der Waals surface area (Å²) in [6, 6.07) is 6.23. The molecule has 0 radical (unpaired) electrons. The smallest absolute Gasteiger partial charge is 0.0482 e. The van der Waals surface area contributed by atoms with Gasteiger partial charge >= 0.3 is 0 Å². The van der Waals surface area contributed by atoms with Crippen LogP contribution in [0.5, 0.6) is 0 Å². The number of nitrogens with one attached hydrogen (secondary N) is 1. The Labute approximate surface area is 82.9 Å². The van der Waals surface area contributed by atoms with Crippen LogP contribution >= 0.6 is 11.8 Å². The first-order valence-electron chi connectivity index (χ1n) is 4.50. The summed E-state index contributed by atoms with van der Waals surface area (Å²) in [5.74, 6) is 0. The van der Waals surface area contributed by atoms with Crippen molar-refractivity contribution in [1.82, 2.24) is 5.32 Å². The largest absolute Gasteiger partial charge is 0.398 e. The van der Waals surface area contributed by atoms with Crippen LogP contribution in [0.4, 0.5) is 5.69 Å². The fourth-order valence-electron chi connectivity index (χ4n) is 1.28. The number of hydrogen-bond donors (Lipinski definition) is 2. The zero-order chi connectivity index (χ0) is 9.26. The minimum atomic E-state index is 0.712. The summed E-state index contributed by atoms with van der Waals surface area (Å²) in [4.78, 5) is 1.23. The molecule has 0 atom stereocenters. The summed E-state index contributed by atoms with van der Waals surface area (Å²) in [7, 11) is 0. The van der Waals surface area contributed by atoms with Crippen molar-refractivity contribution < 1.29 is 0 Å². The van der Waals surface area contributed by atoms with Crippen LogP contribution in [0.15, 0.2) is 23.1 Å². The number of hydrogen-bond acceptors (Lipinski definition) is 3. The van der Waals surface area contributed by atoms with E-state index in [2.05, 4.69) is 30.4 Å². The predicted octanol–water partition coefficient (Wildman–Crippen LogP) is 1.64. The Bertz CT molecular complexity index is 308. The summed E-state index contributed by atoms with van der Waals surface area (Å²) in [5, 5.41) is 3.97. The molecule has 0 saturated carbocycles. The summed E-state index contributed by atoms with van der Waals surface area (Å²) in [6.07, 6.45) is 0. The van der Waals surface area contributed by atoms with Crippen molar-refractivity contribution in [2.24, 2.45) is 0 Å². The number of aryl methyl sites for hydroxylation is 1. The van der Waals surface area contributed by atoms with Gasteiger partial charge in [-0.2, -0.15) is 0 Å². The molecule has 13 heavy (non-hydrogen) atoms. The highest BCUT2D eigenvalue weighted by atomic mass is 32.2. The topological polar surface area (TPSA) is 38.0 Å². The summed E-state index contributed by atoms with van der Waals surface area (Å²) >= 11 is 1.88. The molecule has 0 unspecified atom stereocenters. The molecular weight excluding hydrogens is 180 g/mol. The van der Waals surface area contributed by atoms with Gasteiger partial charge in [0.25, 0.3) is 0 Å². The molecule has 0 bridgehead atoms. The third-order valence-corrected chi connectivity index (χ3v) is 3.60. The Morgan fingerprint density at radius 3 is 2.85 bits per heavy atom. The molecular formula is C10H14N2S. The molecule has 0 amide bonds. The molecule has 3 heteroatoms. The normalized spacial score (nSPS) is 17.0. The molecule has 0 aliphatic carbocycles. The van der Waals surface area contributed by atoms with E-state index in [-0.39, 0.29) is 0 Å². The first kappa shape index (κ1) is 8.91. The van der Waals surface area contributed by atoms with Crippen LogP contribution in [-0.4, -0.2) is 18.3 Å². The first-order valence-corrected chi connectivity index (χ1v) is 5.38. The van der Waals surface area contributed by atoms with Crippen LogP contribution in [0.25, 0.3) is 0 Å². The van der Waals surface area contributed by atoms with Crippen molar-refractivity contribution in [2.45, 2.75) is 17.1 Å². The van der Waals surface area contributed by atoms with Gasteiger partial charge in [0.15, 0.2) is 0 Å². The monoisotopic (exact) mass is 194 g/mol. The fraction of sp³-hybridized carbons (Fsp3) is 0.400. The molecule has 70 valence electrons. The fourth-order valence-corrected chi connectivity index (χ4v) is 2.49. The van der Waals surface area contributed by atoms with Gasteiger partial charge < -0.3 is 11.1 Å². The van der Waals surface area contributed by atoms with Crippen molar-refractivity contribution in [3.05, 3.63) is 23.8 Å². The molecule has 3 N–H and O–H groups in total. The van der Waals surface area contributed by atoms with E-state index >= 15 is 0 Å². The van der Waals surface area contributed by atoms with E-state index in [0.717, 1.165) is 18.8 Å². The molecule has 1 aliphatic rings. The van der Waals surface area contributed by atoms with Gasteiger partial charge in [0.1, 0.15) is 0 Å². The number of nitrogen functional groups attached to an aromatic ring is 1. The molecule has 1 aliphatic heterocycles. The molecule has 0 spiro atoms. The highest BCUT2D eigenvalue weighted by Gasteiger charge is 2.18. The summed E-state index contributed by atoms with van der Waals surface area (Å²) < 4.78 is 0. The lowest BCUT2D eigenvalue weighted by molar-refractivity contribution is 0.544. The van der Waals surface area contributed by atoms with E-state index in [9.17, 15) is 0 Å². The van der Waals surface area contributed by atoms with Crippen LogP contribution in [0.2, 0.25) is 0 Å². The second kappa shape index (κ2) is 3.60. The van der Waals surface area contributed by atoms with Crippen molar-refractivity contribution in [3.63, 3.8) is 0 Å². The van der Waals surface area contributed by atoms with Crippen LogP contribution in [0, 0.1) is 6.92 Å². The van der Waals surface area contributed by atoms with Crippen molar-refractivity contribution >= 4 is 17.4 Å². The van der Waals surface area contributed by atoms with Gasteiger partial charge in [0.2, 0.25) is 0 Å². The molecule has 1 heterocycles. The van der Waals surface area contributed by atoms with Crippen LogP contribution < -0.4 is 11.1 Å². The Morgan fingerprint density at radius 1 is 1.46 bits per heavy atom. The Hall–Kier alpha value is -0.670. The Balaban J connectivity index is 2.14. The van der Waals surface area contributed by atoms with Crippen LogP contribution in [-0.2, 0) is 0 Å². The van der Waals surface area contributed by atoms with E-state index in [1.54, 1.807) is 0 Å². The first-order chi connectivity index (χ1) is 6.27. The minimum absolute atomic E-state index is 0.712. The van der Waals surface area contributed by atoms with Crippen molar-refractivity contribution in [2.75, 3.05) is 18.8 Å². The van der Waals surface area contributed by atoms with E-state index in [4.69, 9.17) is 5.73 Å². The number of nitrogens with two attached hydrogens (primary N) is 1. The lowest BCUT2D eigenvalue weighted by atomic mass is 10.2. The number of para-hydroxylation sites is 1. The Kier molecular flexibility index (Phi) is 2.47. The number of benzene rings is 1. The highest BCUT2D eigenvalue weighted by molar-refractivity contribution is 8.00. The van der Waals surface area contributed by atoms with Gasteiger partial charge in [-0.1, -0.05) is 12.1 Å². The van der Waals surface area contributed by atoms with Gasteiger partial charge in [-0.15, -0.1) is 11.8 Å². The van der Waals surface area contributed by atoms with E-state index in [0.29, 0.717) is 5.25 Å². The number of anilines is 1. The molecule has 1 fully saturated rings. The average molecular weight is 194 g/mol. The summed E-state index contributed by atoms with van der Waals surface area (Å²) in [5.41, 5.74) is 8.09. The molecule has 1 saturated heterocycles. The average Bonchev–Trinajstić information content (AvgIpc) is 2.04. The SMILES string of the molecule is Cc1cccc(SC2CNC2)c1N. The van der Waals surface area contributed by atoms with Crippen LogP contribution in [0.1, 0.15) is 5.56 Å². The second-order valence-corrected chi connectivity index (χ2v) is 4.73. The lowest BCUT2D eigenvalue weighted by Gasteiger charge is -2.26.